The zero-order valence-corrected chi connectivity index (χ0v) is 14.4. The Hall–Kier alpha value is -3.16. The number of aryl methyl sites for hydroxylation is 2. The normalized spacial score (nSPS) is 11.4. The highest BCUT2D eigenvalue weighted by molar-refractivity contribution is 5.90. The van der Waals surface area contributed by atoms with Crippen LogP contribution in [0.3, 0.4) is 0 Å². The third kappa shape index (κ3) is 4.72. The van der Waals surface area contributed by atoms with Crippen LogP contribution in [0.15, 0.2) is 53.1 Å². The maximum absolute atomic E-state index is 12.5. The molecule has 0 saturated heterocycles. The Labute approximate surface area is 153 Å². The molecule has 0 aliphatic heterocycles. The van der Waals surface area contributed by atoms with Gasteiger partial charge < -0.3 is 9.84 Å². The minimum Gasteiger partial charge on any atom is -0.339 e. The molecule has 0 atom stereocenters. The number of benzene rings is 2. The second-order valence-corrected chi connectivity index (χ2v) is 5.95. The summed E-state index contributed by atoms with van der Waals surface area (Å²) in [5.41, 5.74) is 1.38. The van der Waals surface area contributed by atoms with Crippen LogP contribution in [-0.4, -0.2) is 16.0 Å². The first-order chi connectivity index (χ1) is 12.8. The number of aromatic nitrogens is 2. The number of carbonyl (C=O) groups excluding carboxylic acids is 1. The second kappa shape index (κ2) is 7.61. The summed E-state index contributed by atoms with van der Waals surface area (Å²) in [5.74, 6) is 0.410. The molecule has 1 amide bonds. The molecule has 1 N–H and O–H groups in total. The molecule has 8 heteroatoms. The number of carbonyl (C=O) groups is 1. The Bertz CT molecular complexity index is 934. The first-order valence-electron chi connectivity index (χ1n) is 8.18. The summed E-state index contributed by atoms with van der Waals surface area (Å²) in [6.07, 6.45) is -4.11. The van der Waals surface area contributed by atoms with Crippen LogP contribution in [0, 0.1) is 6.92 Å². The minimum atomic E-state index is -4.41. The van der Waals surface area contributed by atoms with E-state index in [1.54, 1.807) is 0 Å². The Morgan fingerprint density at radius 1 is 1.11 bits per heavy atom. The Morgan fingerprint density at radius 2 is 1.81 bits per heavy atom. The van der Waals surface area contributed by atoms with Crippen LogP contribution in [0.1, 0.15) is 23.4 Å². The van der Waals surface area contributed by atoms with Gasteiger partial charge in [-0.15, -0.1) is 0 Å². The molecule has 0 radical (unpaired) electrons. The monoisotopic (exact) mass is 375 g/mol. The quantitative estimate of drug-likeness (QED) is 0.706. The highest BCUT2D eigenvalue weighted by Gasteiger charge is 2.29. The number of hydrogen-bond acceptors (Lipinski definition) is 4. The molecule has 5 nitrogen and oxygen atoms in total. The van der Waals surface area contributed by atoms with Gasteiger partial charge in [0.05, 0.1) is 5.56 Å². The summed E-state index contributed by atoms with van der Waals surface area (Å²) in [4.78, 5) is 16.3. The highest BCUT2D eigenvalue weighted by atomic mass is 19.4. The fourth-order valence-corrected chi connectivity index (χ4v) is 2.48. The van der Waals surface area contributed by atoms with Crippen molar-refractivity contribution in [3.63, 3.8) is 0 Å². The van der Waals surface area contributed by atoms with Crippen molar-refractivity contribution in [2.24, 2.45) is 0 Å². The van der Waals surface area contributed by atoms with Gasteiger partial charge in [0.15, 0.2) is 0 Å². The third-order valence-corrected chi connectivity index (χ3v) is 3.92. The predicted octanol–water partition coefficient (Wildman–Crippen LogP) is 4.64. The van der Waals surface area contributed by atoms with Gasteiger partial charge >= 0.3 is 6.18 Å². The largest absolute Gasteiger partial charge is 0.416 e. The van der Waals surface area contributed by atoms with Crippen molar-refractivity contribution in [2.45, 2.75) is 25.9 Å². The number of nitrogens with zero attached hydrogens (tertiary/aromatic N) is 2. The van der Waals surface area contributed by atoms with Crippen LogP contribution < -0.4 is 5.32 Å². The molecular formula is C19H16F3N3O2. The summed E-state index contributed by atoms with van der Waals surface area (Å²) in [7, 11) is 0. The maximum atomic E-state index is 12.5. The van der Waals surface area contributed by atoms with Crippen LogP contribution in [0.2, 0.25) is 0 Å². The van der Waals surface area contributed by atoms with Crippen molar-refractivity contribution in [2.75, 3.05) is 5.32 Å². The van der Waals surface area contributed by atoms with Gasteiger partial charge in [-0.1, -0.05) is 29.4 Å². The van der Waals surface area contributed by atoms with Crippen molar-refractivity contribution in [3.8, 4) is 11.4 Å². The SMILES string of the molecule is Cc1ccccc1-c1noc(CCC(=O)Nc2ccc(C(F)(F)F)cc2)n1. The van der Waals surface area contributed by atoms with Gasteiger partial charge in [-0.3, -0.25) is 4.79 Å². The third-order valence-electron chi connectivity index (χ3n) is 3.92. The highest BCUT2D eigenvalue weighted by Crippen LogP contribution is 2.29. The molecule has 0 spiro atoms. The van der Waals surface area contributed by atoms with E-state index in [9.17, 15) is 18.0 Å². The summed E-state index contributed by atoms with van der Waals surface area (Å²) < 4.78 is 42.8. The van der Waals surface area contributed by atoms with E-state index >= 15 is 0 Å². The van der Waals surface area contributed by atoms with Crippen LogP contribution in [-0.2, 0) is 17.4 Å². The maximum Gasteiger partial charge on any atom is 0.416 e. The van der Waals surface area contributed by atoms with Gasteiger partial charge in [0.25, 0.3) is 0 Å². The Morgan fingerprint density at radius 3 is 2.48 bits per heavy atom. The minimum absolute atomic E-state index is 0.0659. The topological polar surface area (TPSA) is 68.0 Å². The lowest BCUT2D eigenvalue weighted by atomic mass is 10.1. The summed E-state index contributed by atoms with van der Waals surface area (Å²) in [6, 6.07) is 11.9. The number of rotatable bonds is 5. The lowest BCUT2D eigenvalue weighted by molar-refractivity contribution is -0.137. The van der Waals surface area contributed by atoms with E-state index in [1.165, 1.54) is 12.1 Å². The first kappa shape index (κ1) is 18.6. The summed E-state index contributed by atoms with van der Waals surface area (Å²) in [5, 5.41) is 6.46. The van der Waals surface area contributed by atoms with Gasteiger partial charge in [0.1, 0.15) is 0 Å². The van der Waals surface area contributed by atoms with Crippen molar-refractivity contribution in [3.05, 3.63) is 65.5 Å². The molecule has 0 saturated carbocycles. The van der Waals surface area contributed by atoms with Gasteiger partial charge in [-0.05, 0) is 36.8 Å². The number of hydrogen-bond donors (Lipinski definition) is 1. The zero-order chi connectivity index (χ0) is 19.4. The van der Waals surface area contributed by atoms with E-state index in [1.807, 2.05) is 31.2 Å². The average molecular weight is 375 g/mol. The average Bonchev–Trinajstić information content (AvgIpc) is 3.09. The fraction of sp³-hybridized carbons (Fsp3) is 0.211. The fourth-order valence-electron chi connectivity index (χ4n) is 2.48. The molecule has 0 fully saturated rings. The standard InChI is InChI=1S/C19H16F3N3O2/c1-12-4-2-3-5-15(12)18-24-17(27-25-18)11-10-16(26)23-14-8-6-13(7-9-14)19(20,21)22/h2-9H,10-11H2,1H3,(H,23,26). The van der Waals surface area contributed by atoms with Gasteiger partial charge in [0.2, 0.25) is 17.6 Å². The molecule has 27 heavy (non-hydrogen) atoms. The number of amides is 1. The molecule has 1 aromatic heterocycles. The molecule has 2 aromatic carbocycles. The molecule has 3 aromatic rings. The molecule has 3 rings (SSSR count). The molecule has 0 unspecified atom stereocenters. The number of nitrogens with one attached hydrogen (secondary N) is 1. The van der Waals surface area contributed by atoms with E-state index in [4.69, 9.17) is 4.52 Å². The van der Waals surface area contributed by atoms with Crippen LogP contribution in [0.4, 0.5) is 18.9 Å². The second-order valence-electron chi connectivity index (χ2n) is 5.95. The van der Waals surface area contributed by atoms with E-state index in [2.05, 4.69) is 15.5 Å². The smallest absolute Gasteiger partial charge is 0.339 e. The van der Waals surface area contributed by atoms with Gasteiger partial charge in [0, 0.05) is 24.1 Å². The lowest BCUT2D eigenvalue weighted by Gasteiger charge is -2.08. The molecule has 140 valence electrons. The van der Waals surface area contributed by atoms with Crippen molar-refractivity contribution in [1.29, 1.82) is 0 Å². The molecule has 0 aliphatic carbocycles. The van der Waals surface area contributed by atoms with Crippen molar-refractivity contribution < 1.29 is 22.5 Å². The van der Waals surface area contributed by atoms with Gasteiger partial charge in [-0.25, -0.2) is 0 Å². The molecule has 0 bridgehead atoms. The van der Waals surface area contributed by atoms with E-state index < -0.39 is 11.7 Å². The summed E-state index contributed by atoms with van der Waals surface area (Å²) >= 11 is 0. The number of anilines is 1. The summed E-state index contributed by atoms with van der Waals surface area (Å²) in [6.45, 7) is 1.93. The lowest BCUT2D eigenvalue weighted by Crippen LogP contribution is -2.13. The van der Waals surface area contributed by atoms with Crippen LogP contribution >= 0.6 is 0 Å². The van der Waals surface area contributed by atoms with Gasteiger partial charge in [-0.2, -0.15) is 18.2 Å². The Balaban J connectivity index is 1.56. The zero-order valence-electron chi connectivity index (χ0n) is 14.4. The van der Waals surface area contributed by atoms with E-state index in [0.717, 1.165) is 23.3 Å². The number of halogens is 3. The van der Waals surface area contributed by atoms with Crippen LogP contribution in [0.5, 0.6) is 0 Å². The predicted molar refractivity (Wildman–Crippen MR) is 92.9 cm³/mol. The van der Waals surface area contributed by atoms with Crippen molar-refractivity contribution >= 4 is 11.6 Å². The van der Waals surface area contributed by atoms with E-state index in [-0.39, 0.29) is 18.7 Å². The molecular weight excluding hydrogens is 359 g/mol. The number of alkyl halides is 3. The Kier molecular flexibility index (Phi) is 5.25. The molecule has 1 heterocycles. The molecule has 0 aliphatic rings. The first-order valence-corrected chi connectivity index (χ1v) is 8.18. The van der Waals surface area contributed by atoms with E-state index in [0.29, 0.717) is 17.4 Å². The van der Waals surface area contributed by atoms with Crippen molar-refractivity contribution in [1.82, 2.24) is 10.1 Å². The van der Waals surface area contributed by atoms with Crippen LogP contribution in [0.25, 0.3) is 11.4 Å².